The number of nitrogens with one attached hydrogen (secondary N) is 1. The van der Waals surface area contributed by atoms with Gasteiger partial charge in [0.1, 0.15) is 0 Å². The van der Waals surface area contributed by atoms with E-state index in [2.05, 4.69) is 12.2 Å². The minimum Gasteiger partial charge on any atom is -0.396 e. The lowest BCUT2D eigenvalue weighted by atomic mass is 9.99. The number of aliphatic hydroxyl groups excluding tert-OH is 1. The van der Waals surface area contributed by atoms with Crippen molar-refractivity contribution in [2.24, 2.45) is 17.3 Å². The fourth-order valence-electron chi connectivity index (χ4n) is 2.52. The van der Waals surface area contributed by atoms with Gasteiger partial charge in [-0.2, -0.15) is 0 Å². The van der Waals surface area contributed by atoms with Crippen LogP contribution in [0.3, 0.4) is 0 Å². The number of hydrogen-bond acceptors (Lipinski definition) is 2. The van der Waals surface area contributed by atoms with E-state index in [4.69, 9.17) is 5.11 Å². The summed E-state index contributed by atoms with van der Waals surface area (Å²) in [5.74, 6) is 1.75. The molecule has 2 nitrogen and oxygen atoms in total. The molecule has 1 saturated heterocycles. The van der Waals surface area contributed by atoms with Crippen LogP contribution in [-0.2, 0) is 0 Å². The first-order valence-corrected chi connectivity index (χ1v) is 4.10. The van der Waals surface area contributed by atoms with Gasteiger partial charge in [0.15, 0.2) is 0 Å². The van der Waals surface area contributed by atoms with Crippen molar-refractivity contribution in [3.05, 3.63) is 0 Å². The number of fused-ring (bicyclic) bond motifs is 1. The Morgan fingerprint density at radius 3 is 2.60 bits per heavy atom. The first-order chi connectivity index (χ1) is 4.79. The van der Waals surface area contributed by atoms with Crippen molar-refractivity contribution in [2.75, 3.05) is 19.7 Å². The van der Waals surface area contributed by atoms with Crippen molar-refractivity contribution in [1.82, 2.24) is 5.32 Å². The lowest BCUT2D eigenvalue weighted by Crippen LogP contribution is -2.20. The SMILES string of the molecule is C[C@@]1(CCO)[C@@H]2CNC[C@@H]21. The molecular formula is C8H15NO. The molecule has 1 saturated carbocycles. The molecule has 3 atom stereocenters. The Hall–Kier alpha value is -0.0800. The molecule has 1 aliphatic carbocycles. The highest BCUT2D eigenvalue weighted by Gasteiger charge is 2.61. The molecule has 0 bridgehead atoms. The van der Waals surface area contributed by atoms with Crippen LogP contribution in [0.15, 0.2) is 0 Å². The minimum atomic E-state index is 0.365. The van der Waals surface area contributed by atoms with E-state index < -0.39 is 0 Å². The fourth-order valence-corrected chi connectivity index (χ4v) is 2.52. The van der Waals surface area contributed by atoms with Crippen LogP contribution in [0, 0.1) is 17.3 Å². The molecule has 1 heterocycles. The fraction of sp³-hybridized carbons (Fsp3) is 1.00. The van der Waals surface area contributed by atoms with Crippen LogP contribution in [0.1, 0.15) is 13.3 Å². The van der Waals surface area contributed by atoms with Gasteiger partial charge in [0.05, 0.1) is 0 Å². The quantitative estimate of drug-likeness (QED) is 0.576. The highest BCUT2D eigenvalue weighted by molar-refractivity contribution is 5.12. The first-order valence-electron chi connectivity index (χ1n) is 4.10. The molecule has 0 spiro atoms. The predicted octanol–water partition coefficient (Wildman–Crippen LogP) is 0.224. The summed E-state index contributed by atoms with van der Waals surface area (Å²) in [6, 6.07) is 0. The van der Waals surface area contributed by atoms with E-state index in [1.54, 1.807) is 0 Å². The van der Waals surface area contributed by atoms with Crippen molar-refractivity contribution in [3.8, 4) is 0 Å². The molecule has 2 rings (SSSR count). The van der Waals surface area contributed by atoms with E-state index in [0.29, 0.717) is 12.0 Å². The lowest BCUT2D eigenvalue weighted by molar-refractivity contribution is 0.237. The van der Waals surface area contributed by atoms with Crippen LogP contribution in [0.5, 0.6) is 0 Å². The standard InChI is InChI=1S/C8H15NO/c1-8(2-3-10)6-4-9-5-7(6)8/h6-7,9-10H,2-5H2,1H3/t6-,7+,8-. The number of piperidine rings is 1. The molecule has 0 radical (unpaired) electrons. The van der Waals surface area contributed by atoms with Gasteiger partial charge in [-0.3, -0.25) is 0 Å². The second-order valence-corrected chi connectivity index (χ2v) is 3.85. The zero-order valence-electron chi connectivity index (χ0n) is 6.43. The van der Waals surface area contributed by atoms with Crippen LogP contribution in [0.2, 0.25) is 0 Å². The summed E-state index contributed by atoms with van der Waals surface area (Å²) < 4.78 is 0. The van der Waals surface area contributed by atoms with Crippen molar-refractivity contribution in [1.29, 1.82) is 0 Å². The molecule has 10 heavy (non-hydrogen) atoms. The van der Waals surface area contributed by atoms with Crippen LogP contribution in [0.4, 0.5) is 0 Å². The zero-order valence-corrected chi connectivity index (χ0v) is 6.43. The van der Waals surface area contributed by atoms with Crippen LogP contribution in [0.25, 0.3) is 0 Å². The van der Waals surface area contributed by atoms with Gasteiger partial charge in [-0.15, -0.1) is 0 Å². The first kappa shape index (κ1) is 6.62. The third kappa shape index (κ3) is 0.663. The molecule has 2 aliphatic rings. The van der Waals surface area contributed by atoms with Crippen molar-refractivity contribution in [3.63, 3.8) is 0 Å². The van der Waals surface area contributed by atoms with E-state index in [-0.39, 0.29) is 0 Å². The third-order valence-corrected chi connectivity index (χ3v) is 3.45. The second-order valence-electron chi connectivity index (χ2n) is 3.85. The predicted molar refractivity (Wildman–Crippen MR) is 39.7 cm³/mol. The summed E-state index contributed by atoms with van der Waals surface area (Å²) in [6.45, 7) is 5.03. The van der Waals surface area contributed by atoms with Gasteiger partial charge in [-0.05, 0) is 36.8 Å². The smallest absolute Gasteiger partial charge is 0.0436 e. The molecule has 2 N–H and O–H groups in total. The summed E-state index contributed by atoms with van der Waals surface area (Å²) >= 11 is 0. The van der Waals surface area contributed by atoms with Crippen molar-refractivity contribution >= 4 is 0 Å². The average molecular weight is 141 g/mol. The summed E-state index contributed by atoms with van der Waals surface area (Å²) in [4.78, 5) is 0. The van der Waals surface area contributed by atoms with Gasteiger partial charge >= 0.3 is 0 Å². The highest BCUT2D eigenvalue weighted by atomic mass is 16.3. The molecule has 1 aliphatic heterocycles. The molecule has 0 aromatic heterocycles. The summed E-state index contributed by atoms with van der Waals surface area (Å²) in [5, 5.41) is 12.1. The molecule has 0 unspecified atom stereocenters. The Bertz CT molecular complexity index is 136. The van der Waals surface area contributed by atoms with Gasteiger partial charge in [-0.25, -0.2) is 0 Å². The number of rotatable bonds is 2. The van der Waals surface area contributed by atoms with E-state index in [9.17, 15) is 0 Å². The maximum Gasteiger partial charge on any atom is 0.0436 e. The minimum absolute atomic E-state index is 0.365. The van der Waals surface area contributed by atoms with Crippen molar-refractivity contribution in [2.45, 2.75) is 13.3 Å². The van der Waals surface area contributed by atoms with E-state index in [0.717, 1.165) is 18.3 Å². The normalized spacial score (nSPS) is 51.0. The maximum absolute atomic E-state index is 8.78. The number of hydrogen-bond donors (Lipinski definition) is 2. The molecule has 0 amide bonds. The Labute approximate surface area is 61.6 Å². The largest absolute Gasteiger partial charge is 0.396 e. The van der Waals surface area contributed by atoms with Crippen LogP contribution < -0.4 is 5.32 Å². The Balaban J connectivity index is 1.96. The van der Waals surface area contributed by atoms with Crippen molar-refractivity contribution < 1.29 is 5.11 Å². The topological polar surface area (TPSA) is 32.3 Å². The monoisotopic (exact) mass is 141 g/mol. The van der Waals surface area contributed by atoms with E-state index in [1.807, 2.05) is 0 Å². The molecule has 0 aromatic carbocycles. The maximum atomic E-state index is 8.78. The summed E-state index contributed by atoms with van der Waals surface area (Å²) in [7, 11) is 0. The van der Waals surface area contributed by atoms with E-state index in [1.165, 1.54) is 13.1 Å². The average Bonchev–Trinajstić information content (AvgIpc) is 2.30. The Morgan fingerprint density at radius 1 is 1.50 bits per heavy atom. The molecular weight excluding hydrogens is 126 g/mol. The van der Waals surface area contributed by atoms with Gasteiger partial charge < -0.3 is 10.4 Å². The molecule has 58 valence electrons. The molecule has 2 fully saturated rings. The second kappa shape index (κ2) is 1.95. The summed E-state index contributed by atoms with van der Waals surface area (Å²) in [6.07, 6.45) is 1.00. The van der Waals surface area contributed by atoms with Gasteiger partial charge in [0.2, 0.25) is 0 Å². The zero-order chi connectivity index (χ0) is 7.19. The Morgan fingerprint density at radius 2 is 2.10 bits per heavy atom. The van der Waals surface area contributed by atoms with Gasteiger partial charge in [-0.1, -0.05) is 6.92 Å². The van der Waals surface area contributed by atoms with Gasteiger partial charge in [0.25, 0.3) is 0 Å². The number of aliphatic hydroxyl groups is 1. The highest BCUT2D eigenvalue weighted by Crippen LogP contribution is 2.62. The lowest BCUT2D eigenvalue weighted by Gasteiger charge is -2.12. The van der Waals surface area contributed by atoms with Crippen LogP contribution >= 0.6 is 0 Å². The third-order valence-electron chi connectivity index (χ3n) is 3.45. The van der Waals surface area contributed by atoms with Crippen LogP contribution in [-0.4, -0.2) is 24.8 Å². The summed E-state index contributed by atoms with van der Waals surface area (Å²) in [5.41, 5.74) is 0.500. The Kier molecular flexibility index (Phi) is 1.29. The molecule has 0 aromatic rings. The molecule has 2 heteroatoms. The van der Waals surface area contributed by atoms with E-state index >= 15 is 0 Å². The van der Waals surface area contributed by atoms with Gasteiger partial charge in [0, 0.05) is 6.61 Å².